The van der Waals surface area contributed by atoms with Gasteiger partial charge in [-0.25, -0.2) is 0 Å². The van der Waals surface area contributed by atoms with Crippen molar-refractivity contribution in [2.24, 2.45) is 0 Å². The van der Waals surface area contributed by atoms with Gasteiger partial charge >= 0.3 is 0 Å². The Morgan fingerprint density at radius 3 is 2.70 bits per heavy atom. The van der Waals surface area contributed by atoms with Gasteiger partial charge in [-0.15, -0.1) is 0 Å². The molecule has 0 fully saturated rings. The number of nitrogens with one attached hydrogen (secondary N) is 1. The Bertz CT molecular complexity index is 935. The van der Waals surface area contributed by atoms with Crippen molar-refractivity contribution in [2.45, 2.75) is 0 Å². The highest BCUT2D eigenvalue weighted by atomic mass is 35.5. The number of anilines is 2. The topological polar surface area (TPSA) is 57.9 Å². The molecular formula is C17H11Cl2N3O. The quantitative estimate of drug-likeness (QED) is 0.712. The number of aromatic nitrogens is 1. The first kappa shape index (κ1) is 15.4. The van der Waals surface area contributed by atoms with E-state index in [2.05, 4.69) is 16.4 Å². The van der Waals surface area contributed by atoms with Gasteiger partial charge in [0.1, 0.15) is 11.8 Å². The number of hydrogen-bond acceptors (Lipinski definition) is 4. The Hall–Kier alpha value is -2.48. The van der Waals surface area contributed by atoms with Gasteiger partial charge in [0.2, 0.25) is 0 Å². The summed E-state index contributed by atoms with van der Waals surface area (Å²) in [5.41, 5.74) is 2.44. The summed E-state index contributed by atoms with van der Waals surface area (Å²) >= 11 is 12.1. The van der Waals surface area contributed by atoms with Crippen LogP contribution in [0.15, 0.2) is 42.6 Å². The van der Waals surface area contributed by atoms with E-state index in [9.17, 15) is 5.26 Å². The minimum atomic E-state index is 0.414. The summed E-state index contributed by atoms with van der Waals surface area (Å²) in [5, 5.41) is 14.4. The molecule has 1 N–H and O–H groups in total. The van der Waals surface area contributed by atoms with Crippen molar-refractivity contribution in [2.75, 3.05) is 12.4 Å². The molecule has 0 spiro atoms. The molecule has 3 aromatic rings. The predicted molar refractivity (Wildman–Crippen MR) is 92.8 cm³/mol. The molecule has 1 aromatic heterocycles. The van der Waals surface area contributed by atoms with Crippen molar-refractivity contribution in [3.63, 3.8) is 0 Å². The first-order valence-electron chi connectivity index (χ1n) is 6.71. The highest BCUT2D eigenvalue weighted by Gasteiger charge is 2.12. The Labute approximate surface area is 143 Å². The molecule has 114 valence electrons. The number of benzene rings is 2. The lowest BCUT2D eigenvalue weighted by atomic mass is 10.1. The molecule has 0 atom stereocenters. The van der Waals surface area contributed by atoms with E-state index in [1.54, 1.807) is 25.3 Å². The molecule has 0 amide bonds. The lowest BCUT2D eigenvalue weighted by molar-refractivity contribution is 0.415. The highest BCUT2D eigenvalue weighted by Crippen LogP contribution is 2.34. The number of methoxy groups -OCH3 is 1. The van der Waals surface area contributed by atoms with Crippen LogP contribution in [0.2, 0.25) is 10.0 Å². The second kappa shape index (κ2) is 6.33. The van der Waals surface area contributed by atoms with Gasteiger partial charge in [-0.3, -0.25) is 4.98 Å². The maximum atomic E-state index is 9.38. The van der Waals surface area contributed by atoms with Crippen LogP contribution in [0.5, 0.6) is 5.75 Å². The molecule has 1 heterocycles. The molecule has 0 saturated carbocycles. The van der Waals surface area contributed by atoms with Crippen LogP contribution in [0.25, 0.3) is 10.9 Å². The van der Waals surface area contributed by atoms with Crippen molar-refractivity contribution in [1.29, 1.82) is 5.26 Å². The minimum Gasteiger partial charge on any atom is -0.497 e. The normalized spacial score (nSPS) is 10.3. The molecule has 0 aliphatic heterocycles. The van der Waals surface area contributed by atoms with Crippen LogP contribution in [0, 0.1) is 11.3 Å². The molecule has 4 nitrogen and oxygen atoms in total. The highest BCUT2D eigenvalue weighted by molar-refractivity contribution is 6.36. The van der Waals surface area contributed by atoms with E-state index < -0.39 is 0 Å². The number of nitriles is 1. The zero-order valence-corrected chi connectivity index (χ0v) is 13.6. The van der Waals surface area contributed by atoms with Gasteiger partial charge in [-0.1, -0.05) is 23.2 Å². The van der Waals surface area contributed by atoms with Gasteiger partial charge in [0.25, 0.3) is 0 Å². The molecule has 2 aromatic carbocycles. The number of rotatable bonds is 3. The monoisotopic (exact) mass is 343 g/mol. The summed E-state index contributed by atoms with van der Waals surface area (Å²) in [6.07, 6.45) is 1.53. The number of hydrogen-bond donors (Lipinski definition) is 1. The van der Waals surface area contributed by atoms with Crippen LogP contribution in [-0.2, 0) is 0 Å². The van der Waals surface area contributed by atoms with E-state index in [-0.39, 0.29) is 0 Å². The van der Waals surface area contributed by atoms with E-state index in [1.807, 2.05) is 18.2 Å². The lowest BCUT2D eigenvalue weighted by Gasteiger charge is -2.13. The fourth-order valence-corrected chi connectivity index (χ4v) is 2.70. The first-order chi connectivity index (χ1) is 11.1. The maximum absolute atomic E-state index is 9.38. The van der Waals surface area contributed by atoms with Crippen molar-refractivity contribution < 1.29 is 4.74 Å². The van der Waals surface area contributed by atoms with E-state index in [0.717, 1.165) is 10.9 Å². The molecule has 0 bridgehead atoms. The first-order valence-corrected chi connectivity index (χ1v) is 7.47. The average molecular weight is 344 g/mol. The predicted octanol–water partition coefficient (Wildman–Crippen LogP) is 5.17. The Morgan fingerprint density at radius 1 is 1.17 bits per heavy atom. The summed E-state index contributed by atoms with van der Waals surface area (Å²) in [6, 6.07) is 12.8. The van der Waals surface area contributed by atoms with Crippen molar-refractivity contribution >= 4 is 45.5 Å². The summed E-state index contributed by atoms with van der Waals surface area (Å²) in [6.45, 7) is 0. The number of nitrogens with zero attached hydrogens (tertiary/aromatic N) is 2. The zero-order valence-electron chi connectivity index (χ0n) is 12.1. The minimum absolute atomic E-state index is 0.414. The number of halogens is 2. The van der Waals surface area contributed by atoms with Crippen molar-refractivity contribution in [3.05, 3.63) is 58.2 Å². The molecule has 0 unspecified atom stereocenters. The second-order valence-electron chi connectivity index (χ2n) is 4.79. The van der Waals surface area contributed by atoms with Crippen LogP contribution in [-0.4, -0.2) is 12.1 Å². The Morgan fingerprint density at radius 2 is 2.00 bits per heavy atom. The van der Waals surface area contributed by atoms with Gasteiger partial charge in [-0.2, -0.15) is 5.26 Å². The molecular weight excluding hydrogens is 333 g/mol. The molecule has 0 radical (unpaired) electrons. The zero-order chi connectivity index (χ0) is 16.4. The molecule has 0 aliphatic rings. The molecule has 3 rings (SSSR count). The maximum Gasteiger partial charge on any atom is 0.119 e. The fourth-order valence-electron chi connectivity index (χ4n) is 2.24. The molecule has 6 heteroatoms. The fraction of sp³-hybridized carbons (Fsp3) is 0.0588. The van der Waals surface area contributed by atoms with Crippen LogP contribution < -0.4 is 10.1 Å². The van der Waals surface area contributed by atoms with E-state index in [4.69, 9.17) is 27.9 Å². The van der Waals surface area contributed by atoms with E-state index in [0.29, 0.717) is 32.7 Å². The van der Waals surface area contributed by atoms with Crippen LogP contribution in [0.1, 0.15) is 5.56 Å². The third kappa shape index (κ3) is 3.02. The third-order valence-electron chi connectivity index (χ3n) is 3.39. The number of pyridine rings is 1. The van der Waals surface area contributed by atoms with Crippen molar-refractivity contribution in [3.8, 4) is 11.8 Å². The second-order valence-corrected chi connectivity index (χ2v) is 5.63. The summed E-state index contributed by atoms with van der Waals surface area (Å²) < 4.78 is 5.26. The van der Waals surface area contributed by atoms with Gasteiger partial charge in [0.15, 0.2) is 0 Å². The molecule has 0 saturated heterocycles. The van der Waals surface area contributed by atoms with E-state index in [1.165, 1.54) is 6.20 Å². The summed E-state index contributed by atoms with van der Waals surface area (Å²) in [4.78, 5) is 4.29. The SMILES string of the molecule is COc1ccc2ncc(C#N)c(Nc3ccc(Cl)cc3Cl)c2c1. The largest absolute Gasteiger partial charge is 0.497 e. The van der Waals surface area contributed by atoms with Crippen molar-refractivity contribution in [1.82, 2.24) is 4.98 Å². The van der Waals surface area contributed by atoms with E-state index >= 15 is 0 Å². The Kier molecular flexibility index (Phi) is 4.24. The summed E-state index contributed by atoms with van der Waals surface area (Å²) in [5.74, 6) is 0.680. The number of ether oxygens (including phenoxy) is 1. The molecule has 23 heavy (non-hydrogen) atoms. The summed E-state index contributed by atoms with van der Waals surface area (Å²) in [7, 11) is 1.59. The average Bonchev–Trinajstić information content (AvgIpc) is 2.57. The number of fused-ring (bicyclic) bond motifs is 1. The lowest BCUT2D eigenvalue weighted by Crippen LogP contribution is -1.98. The van der Waals surface area contributed by atoms with Gasteiger partial charge in [-0.05, 0) is 36.4 Å². The van der Waals surface area contributed by atoms with Gasteiger partial charge < -0.3 is 10.1 Å². The standard InChI is InChI=1S/C17H11Cl2N3O/c1-23-12-3-5-15-13(7-12)17(10(8-20)9-21-15)22-16-4-2-11(18)6-14(16)19/h2-7,9H,1H3,(H,21,22). The Balaban J connectivity index is 2.19. The third-order valence-corrected chi connectivity index (χ3v) is 3.93. The molecule has 0 aliphatic carbocycles. The van der Waals surface area contributed by atoms with Gasteiger partial charge in [0.05, 0.1) is 34.6 Å². The smallest absolute Gasteiger partial charge is 0.119 e. The van der Waals surface area contributed by atoms with Crippen LogP contribution in [0.3, 0.4) is 0 Å². The van der Waals surface area contributed by atoms with Crippen LogP contribution >= 0.6 is 23.2 Å². The van der Waals surface area contributed by atoms with Crippen LogP contribution in [0.4, 0.5) is 11.4 Å². The van der Waals surface area contributed by atoms with Gasteiger partial charge in [0, 0.05) is 16.6 Å².